The number of imidazole rings is 1. The molecule has 0 saturated carbocycles. The predicted molar refractivity (Wildman–Crippen MR) is 76.0 cm³/mol. The SMILES string of the molecule is CCCc1nc2cc(Br)cnc2n1CC(N)=S. The smallest absolute Gasteiger partial charge is 0.160 e. The molecule has 0 aromatic carbocycles. The van der Waals surface area contributed by atoms with Crippen molar-refractivity contribution in [2.75, 3.05) is 0 Å². The van der Waals surface area contributed by atoms with Crippen LogP contribution in [0.15, 0.2) is 16.7 Å². The van der Waals surface area contributed by atoms with Crippen LogP contribution in [0.5, 0.6) is 0 Å². The normalized spacial score (nSPS) is 10.9. The number of pyridine rings is 1. The zero-order chi connectivity index (χ0) is 12.4. The molecule has 17 heavy (non-hydrogen) atoms. The lowest BCUT2D eigenvalue weighted by molar-refractivity contribution is 0.744. The molecule has 0 fully saturated rings. The monoisotopic (exact) mass is 312 g/mol. The fourth-order valence-corrected chi connectivity index (χ4v) is 2.22. The Bertz CT molecular complexity index is 564. The van der Waals surface area contributed by atoms with Crippen LogP contribution >= 0.6 is 28.1 Å². The van der Waals surface area contributed by atoms with Gasteiger partial charge in [0.15, 0.2) is 5.65 Å². The minimum absolute atomic E-state index is 0.450. The number of fused-ring (bicyclic) bond motifs is 1. The summed E-state index contributed by atoms with van der Waals surface area (Å²) in [7, 11) is 0. The maximum atomic E-state index is 5.62. The van der Waals surface area contributed by atoms with Crippen molar-refractivity contribution in [2.24, 2.45) is 5.73 Å². The molecule has 0 bridgehead atoms. The minimum atomic E-state index is 0.450. The van der Waals surface area contributed by atoms with Crippen LogP contribution in [-0.4, -0.2) is 19.5 Å². The Hall–Kier alpha value is -1.01. The molecule has 0 radical (unpaired) electrons. The fraction of sp³-hybridized carbons (Fsp3) is 0.364. The van der Waals surface area contributed by atoms with E-state index in [1.54, 1.807) is 6.20 Å². The van der Waals surface area contributed by atoms with Crippen LogP contribution in [0.25, 0.3) is 11.2 Å². The second-order valence-corrected chi connectivity index (χ2v) is 5.27. The maximum Gasteiger partial charge on any atom is 0.160 e. The Morgan fingerprint density at radius 2 is 2.35 bits per heavy atom. The second-order valence-electron chi connectivity index (χ2n) is 3.83. The van der Waals surface area contributed by atoms with E-state index < -0.39 is 0 Å². The number of nitrogens with zero attached hydrogens (tertiary/aromatic N) is 3. The lowest BCUT2D eigenvalue weighted by atomic mass is 10.3. The molecule has 0 spiro atoms. The molecule has 0 aliphatic carbocycles. The topological polar surface area (TPSA) is 56.7 Å². The summed E-state index contributed by atoms with van der Waals surface area (Å²) in [4.78, 5) is 9.40. The molecule has 2 N–H and O–H groups in total. The minimum Gasteiger partial charge on any atom is -0.392 e. The van der Waals surface area contributed by atoms with Crippen molar-refractivity contribution in [1.29, 1.82) is 0 Å². The number of nitrogens with two attached hydrogens (primary N) is 1. The van der Waals surface area contributed by atoms with E-state index in [2.05, 4.69) is 32.8 Å². The molecule has 0 atom stereocenters. The van der Waals surface area contributed by atoms with Crippen LogP contribution < -0.4 is 5.73 Å². The highest BCUT2D eigenvalue weighted by molar-refractivity contribution is 9.10. The van der Waals surface area contributed by atoms with Crippen LogP contribution in [0, 0.1) is 0 Å². The van der Waals surface area contributed by atoms with Crippen LogP contribution in [0.2, 0.25) is 0 Å². The van der Waals surface area contributed by atoms with E-state index in [1.807, 2.05) is 10.6 Å². The van der Waals surface area contributed by atoms with Gasteiger partial charge in [-0.2, -0.15) is 0 Å². The quantitative estimate of drug-likeness (QED) is 0.881. The highest BCUT2D eigenvalue weighted by Gasteiger charge is 2.12. The van der Waals surface area contributed by atoms with E-state index in [0.29, 0.717) is 11.5 Å². The van der Waals surface area contributed by atoms with Crippen LogP contribution in [0.1, 0.15) is 19.2 Å². The number of halogens is 1. The standard InChI is InChI=1S/C11H13BrN4S/c1-2-3-10-15-8-4-7(12)5-14-11(8)16(10)6-9(13)17/h4-5H,2-3,6H2,1H3,(H2,13,17). The summed E-state index contributed by atoms with van der Waals surface area (Å²) in [5.41, 5.74) is 7.33. The molecule has 0 saturated heterocycles. The molecule has 2 rings (SSSR count). The first-order valence-corrected chi connectivity index (χ1v) is 6.61. The van der Waals surface area contributed by atoms with Gasteiger partial charge in [-0.1, -0.05) is 19.1 Å². The summed E-state index contributed by atoms with van der Waals surface area (Å²) in [6.45, 7) is 2.61. The summed E-state index contributed by atoms with van der Waals surface area (Å²) < 4.78 is 2.92. The van der Waals surface area contributed by atoms with Crippen LogP contribution in [0.3, 0.4) is 0 Å². The Labute approximate surface area is 113 Å². The van der Waals surface area contributed by atoms with Gasteiger partial charge in [0.2, 0.25) is 0 Å². The molecule has 2 aromatic rings. The van der Waals surface area contributed by atoms with Crippen molar-refractivity contribution in [2.45, 2.75) is 26.3 Å². The third-order valence-electron chi connectivity index (χ3n) is 2.42. The maximum absolute atomic E-state index is 5.62. The molecule has 0 unspecified atom stereocenters. The van der Waals surface area contributed by atoms with Crippen molar-refractivity contribution in [3.05, 3.63) is 22.6 Å². The van der Waals surface area contributed by atoms with Crippen molar-refractivity contribution in [3.63, 3.8) is 0 Å². The number of aromatic nitrogens is 3. The Balaban J connectivity index is 2.57. The van der Waals surface area contributed by atoms with Crippen LogP contribution in [-0.2, 0) is 13.0 Å². The highest BCUT2D eigenvalue weighted by atomic mass is 79.9. The molecule has 0 aliphatic heterocycles. The summed E-state index contributed by atoms with van der Waals surface area (Å²) in [6.07, 6.45) is 3.69. The van der Waals surface area contributed by atoms with Gasteiger partial charge in [-0.3, -0.25) is 0 Å². The van der Waals surface area contributed by atoms with Gasteiger partial charge >= 0.3 is 0 Å². The zero-order valence-electron chi connectivity index (χ0n) is 9.48. The predicted octanol–water partition coefficient (Wildman–Crippen LogP) is 2.43. The van der Waals surface area contributed by atoms with Gasteiger partial charge in [-0.25, -0.2) is 9.97 Å². The van der Waals surface area contributed by atoms with E-state index in [1.165, 1.54) is 0 Å². The first kappa shape index (κ1) is 12.4. The number of hydrogen-bond acceptors (Lipinski definition) is 3. The number of rotatable bonds is 4. The lowest BCUT2D eigenvalue weighted by Gasteiger charge is -2.06. The Morgan fingerprint density at radius 3 is 3.00 bits per heavy atom. The van der Waals surface area contributed by atoms with Gasteiger partial charge < -0.3 is 10.3 Å². The molecule has 4 nitrogen and oxygen atoms in total. The number of hydrogen-bond donors (Lipinski definition) is 1. The Morgan fingerprint density at radius 1 is 1.59 bits per heavy atom. The van der Waals surface area contributed by atoms with Crippen molar-refractivity contribution >= 4 is 44.3 Å². The van der Waals surface area contributed by atoms with Crippen molar-refractivity contribution in [1.82, 2.24) is 14.5 Å². The molecule has 0 amide bonds. The molecule has 2 heterocycles. The zero-order valence-corrected chi connectivity index (χ0v) is 11.9. The Kier molecular flexibility index (Phi) is 3.73. The second kappa shape index (κ2) is 5.10. The van der Waals surface area contributed by atoms with Gasteiger partial charge in [0.05, 0.1) is 11.5 Å². The molecule has 90 valence electrons. The van der Waals surface area contributed by atoms with Crippen molar-refractivity contribution in [3.8, 4) is 0 Å². The van der Waals surface area contributed by atoms with E-state index in [4.69, 9.17) is 18.0 Å². The lowest BCUT2D eigenvalue weighted by Crippen LogP contribution is -2.18. The summed E-state index contributed by atoms with van der Waals surface area (Å²) in [6, 6.07) is 1.96. The molecule has 0 aliphatic rings. The van der Waals surface area contributed by atoms with Crippen LogP contribution in [0.4, 0.5) is 0 Å². The van der Waals surface area contributed by atoms with E-state index in [9.17, 15) is 0 Å². The summed E-state index contributed by atoms with van der Waals surface area (Å²) >= 11 is 8.36. The van der Waals surface area contributed by atoms with E-state index in [0.717, 1.165) is 34.3 Å². The average Bonchev–Trinajstić information content (AvgIpc) is 2.56. The van der Waals surface area contributed by atoms with E-state index in [-0.39, 0.29) is 0 Å². The molecule has 6 heteroatoms. The highest BCUT2D eigenvalue weighted by Crippen LogP contribution is 2.19. The van der Waals surface area contributed by atoms with Gasteiger partial charge in [-0.05, 0) is 28.4 Å². The average molecular weight is 313 g/mol. The van der Waals surface area contributed by atoms with E-state index >= 15 is 0 Å². The van der Waals surface area contributed by atoms with Gasteiger partial charge in [-0.15, -0.1) is 0 Å². The number of aryl methyl sites for hydroxylation is 1. The molecular formula is C11H13BrN4S. The largest absolute Gasteiger partial charge is 0.392 e. The first-order chi connectivity index (χ1) is 8.11. The van der Waals surface area contributed by atoms with Gasteiger partial charge in [0.25, 0.3) is 0 Å². The number of thiocarbonyl (C=S) groups is 1. The third kappa shape index (κ3) is 2.63. The molecular weight excluding hydrogens is 300 g/mol. The summed E-state index contributed by atoms with van der Waals surface area (Å²) in [5.74, 6) is 0.987. The first-order valence-electron chi connectivity index (χ1n) is 5.40. The van der Waals surface area contributed by atoms with Gasteiger partial charge in [0, 0.05) is 17.1 Å². The fourth-order valence-electron chi connectivity index (χ4n) is 1.77. The summed E-state index contributed by atoms with van der Waals surface area (Å²) in [5, 5.41) is 0. The third-order valence-corrected chi connectivity index (χ3v) is 2.98. The van der Waals surface area contributed by atoms with Crippen molar-refractivity contribution < 1.29 is 0 Å². The molecule has 2 aromatic heterocycles. The van der Waals surface area contributed by atoms with Gasteiger partial charge in [0.1, 0.15) is 11.3 Å².